The molecule has 27 heavy (non-hydrogen) atoms. The molecule has 4 rings (SSSR count). The van der Waals surface area contributed by atoms with Crippen LogP contribution in [0.5, 0.6) is 11.5 Å². The van der Waals surface area contributed by atoms with E-state index in [2.05, 4.69) is 78.5 Å². The Labute approximate surface area is 166 Å². The number of para-hydroxylation sites is 1. The van der Waals surface area contributed by atoms with Crippen LogP contribution in [0.1, 0.15) is 50.2 Å². The third-order valence-electron chi connectivity index (χ3n) is 5.55. The van der Waals surface area contributed by atoms with Crippen molar-refractivity contribution in [1.82, 2.24) is 5.32 Å². The maximum absolute atomic E-state index is 6.31. The average molecular weight is 378 g/mol. The molecule has 2 heterocycles. The maximum atomic E-state index is 6.31. The van der Waals surface area contributed by atoms with E-state index in [1.807, 2.05) is 0 Å². The molecule has 3 aromatic rings. The Hall–Kier alpha value is -2.10. The van der Waals surface area contributed by atoms with Crippen LogP contribution in [-0.2, 0) is 0 Å². The number of hydrogen-bond donors (Lipinski definition) is 1. The van der Waals surface area contributed by atoms with Gasteiger partial charge in [0, 0.05) is 23.1 Å². The van der Waals surface area contributed by atoms with Gasteiger partial charge >= 0.3 is 0 Å². The molecule has 1 aromatic heterocycles. The van der Waals surface area contributed by atoms with Gasteiger partial charge in [0.15, 0.2) is 0 Å². The predicted octanol–water partition coefficient (Wildman–Crippen LogP) is 6.82. The SMILES string of the molecule is CCNC(CC)CCC1c2ccccc2Oc2cc(-c3ccsc3)ccc21. The minimum absolute atomic E-state index is 0.397. The molecule has 2 atom stereocenters. The van der Waals surface area contributed by atoms with Crippen molar-refractivity contribution in [2.75, 3.05) is 6.54 Å². The van der Waals surface area contributed by atoms with Crippen molar-refractivity contribution in [3.63, 3.8) is 0 Å². The summed E-state index contributed by atoms with van der Waals surface area (Å²) in [6, 6.07) is 18.0. The Bertz CT molecular complexity index is 887. The van der Waals surface area contributed by atoms with E-state index in [1.165, 1.54) is 35.1 Å². The van der Waals surface area contributed by atoms with Gasteiger partial charge in [-0.3, -0.25) is 0 Å². The molecule has 140 valence electrons. The lowest BCUT2D eigenvalue weighted by molar-refractivity contribution is 0.417. The molecular formula is C24H27NOS. The highest BCUT2D eigenvalue weighted by Gasteiger charge is 2.27. The second-order valence-corrected chi connectivity index (χ2v) is 7.98. The van der Waals surface area contributed by atoms with Crippen LogP contribution < -0.4 is 10.1 Å². The molecule has 0 saturated heterocycles. The van der Waals surface area contributed by atoms with Crippen molar-refractivity contribution in [2.24, 2.45) is 0 Å². The van der Waals surface area contributed by atoms with Crippen LogP contribution in [0.15, 0.2) is 59.3 Å². The second-order valence-electron chi connectivity index (χ2n) is 7.20. The Morgan fingerprint density at radius 1 is 1.00 bits per heavy atom. The molecule has 1 N–H and O–H groups in total. The Balaban J connectivity index is 1.66. The van der Waals surface area contributed by atoms with E-state index in [9.17, 15) is 0 Å². The van der Waals surface area contributed by atoms with Crippen LogP contribution in [0.2, 0.25) is 0 Å². The third-order valence-corrected chi connectivity index (χ3v) is 6.23. The minimum atomic E-state index is 0.397. The summed E-state index contributed by atoms with van der Waals surface area (Å²) in [4.78, 5) is 0. The van der Waals surface area contributed by atoms with Gasteiger partial charge in [-0.1, -0.05) is 44.2 Å². The summed E-state index contributed by atoms with van der Waals surface area (Å²) in [6.45, 7) is 5.49. The Morgan fingerprint density at radius 2 is 1.85 bits per heavy atom. The van der Waals surface area contributed by atoms with Gasteiger partial charge in [0.25, 0.3) is 0 Å². The summed E-state index contributed by atoms with van der Waals surface area (Å²) in [5.74, 6) is 2.42. The van der Waals surface area contributed by atoms with E-state index in [0.717, 1.165) is 24.5 Å². The largest absolute Gasteiger partial charge is 0.457 e. The number of benzene rings is 2. The molecule has 1 aliphatic rings. The number of ether oxygens (including phenoxy) is 1. The molecule has 2 nitrogen and oxygen atoms in total. The maximum Gasteiger partial charge on any atom is 0.131 e. The van der Waals surface area contributed by atoms with Crippen LogP contribution >= 0.6 is 11.3 Å². The molecule has 0 amide bonds. The van der Waals surface area contributed by atoms with E-state index >= 15 is 0 Å². The van der Waals surface area contributed by atoms with Crippen molar-refractivity contribution >= 4 is 11.3 Å². The number of rotatable bonds is 7. The normalized spacial score (nSPS) is 16.3. The smallest absolute Gasteiger partial charge is 0.131 e. The highest BCUT2D eigenvalue weighted by Crippen LogP contribution is 2.47. The van der Waals surface area contributed by atoms with Gasteiger partial charge < -0.3 is 10.1 Å². The predicted molar refractivity (Wildman–Crippen MR) is 115 cm³/mol. The summed E-state index contributed by atoms with van der Waals surface area (Å²) >= 11 is 1.73. The molecule has 0 saturated carbocycles. The molecule has 2 unspecified atom stereocenters. The summed E-state index contributed by atoms with van der Waals surface area (Å²) in [5, 5.41) is 7.93. The van der Waals surface area contributed by atoms with Gasteiger partial charge in [-0.25, -0.2) is 0 Å². The van der Waals surface area contributed by atoms with E-state index in [0.29, 0.717) is 12.0 Å². The van der Waals surface area contributed by atoms with Crippen molar-refractivity contribution in [3.05, 3.63) is 70.4 Å². The second kappa shape index (κ2) is 8.28. The number of fused-ring (bicyclic) bond motifs is 2. The highest BCUT2D eigenvalue weighted by molar-refractivity contribution is 7.08. The van der Waals surface area contributed by atoms with Crippen molar-refractivity contribution in [2.45, 2.75) is 45.1 Å². The first kappa shape index (κ1) is 18.3. The molecule has 1 aliphatic heterocycles. The number of nitrogens with one attached hydrogen (secondary N) is 1. The Kier molecular flexibility index (Phi) is 5.61. The van der Waals surface area contributed by atoms with Crippen LogP contribution in [-0.4, -0.2) is 12.6 Å². The molecule has 2 aromatic carbocycles. The first-order valence-electron chi connectivity index (χ1n) is 9.96. The van der Waals surface area contributed by atoms with E-state index in [-0.39, 0.29) is 0 Å². The summed E-state index contributed by atoms with van der Waals surface area (Å²) in [7, 11) is 0. The van der Waals surface area contributed by atoms with Crippen LogP contribution in [0.3, 0.4) is 0 Å². The fraction of sp³-hybridized carbons (Fsp3) is 0.333. The van der Waals surface area contributed by atoms with Gasteiger partial charge in [0.2, 0.25) is 0 Å². The Morgan fingerprint density at radius 3 is 2.63 bits per heavy atom. The van der Waals surface area contributed by atoms with Gasteiger partial charge in [0.05, 0.1) is 0 Å². The first-order valence-corrected chi connectivity index (χ1v) is 10.9. The molecule has 0 radical (unpaired) electrons. The standard InChI is InChI=1S/C24H27NOS/c1-3-19(25-4-2)10-12-20-21-7-5-6-8-23(21)26-24-15-17(9-11-22(20)24)18-13-14-27-16-18/h5-9,11,13-16,19-20,25H,3-4,10,12H2,1-2H3. The summed E-state index contributed by atoms with van der Waals surface area (Å²) < 4.78 is 6.31. The highest BCUT2D eigenvalue weighted by atomic mass is 32.1. The zero-order valence-electron chi connectivity index (χ0n) is 16.1. The molecule has 0 spiro atoms. The monoisotopic (exact) mass is 377 g/mol. The molecular weight excluding hydrogens is 350 g/mol. The average Bonchev–Trinajstić information content (AvgIpc) is 3.24. The zero-order chi connectivity index (χ0) is 18.6. The number of thiophene rings is 1. The van der Waals surface area contributed by atoms with Gasteiger partial charge in [-0.05, 0) is 65.9 Å². The minimum Gasteiger partial charge on any atom is -0.457 e. The van der Waals surface area contributed by atoms with Gasteiger partial charge in [-0.15, -0.1) is 0 Å². The molecule has 3 heteroatoms. The van der Waals surface area contributed by atoms with E-state index in [4.69, 9.17) is 4.74 Å². The molecule has 0 aliphatic carbocycles. The van der Waals surface area contributed by atoms with Crippen molar-refractivity contribution in [3.8, 4) is 22.6 Å². The molecule has 0 bridgehead atoms. The zero-order valence-corrected chi connectivity index (χ0v) is 16.9. The lowest BCUT2D eigenvalue weighted by Gasteiger charge is -2.30. The third kappa shape index (κ3) is 3.80. The van der Waals surface area contributed by atoms with Crippen LogP contribution in [0.4, 0.5) is 0 Å². The van der Waals surface area contributed by atoms with Gasteiger partial charge in [0.1, 0.15) is 11.5 Å². The fourth-order valence-electron chi connectivity index (χ4n) is 4.08. The van der Waals surface area contributed by atoms with Crippen LogP contribution in [0.25, 0.3) is 11.1 Å². The summed E-state index contributed by atoms with van der Waals surface area (Å²) in [6.07, 6.45) is 3.48. The topological polar surface area (TPSA) is 21.3 Å². The van der Waals surface area contributed by atoms with Crippen molar-refractivity contribution in [1.29, 1.82) is 0 Å². The first-order chi connectivity index (χ1) is 13.3. The lowest BCUT2D eigenvalue weighted by atomic mass is 9.83. The fourth-order valence-corrected chi connectivity index (χ4v) is 4.75. The van der Waals surface area contributed by atoms with Gasteiger partial charge in [-0.2, -0.15) is 11.3 Å². The van der Waals surface area contributed by atoms with Crippen LogP contribution in [0, 0.1) is 0 Å². The number of hydrogen-bond acceptors (Lipinski definition) is 3. The summed E-state index contributed by atoms with van der Waals surface area (Å²) in [5.41, 5.74) is 5.13. The molecule has 0 fully saturated rings. The van der Waals surface area contributed by atoms with E-state index < -0.39 is 0 Å². The van der Waals surface area contributed by atoms with Crippen molar-refractivity contribution < 1.29 is 4.74 Å². The van der Waals surface area contributed by atoms with E-state index in [1.54, 1.807) is 11.3 Å². The quantitative estimate of drug-likeness (QED) is 0.488. The lowest BCUT2D eigenvalue weighted by Crippen LogP contribution is -2.28.